The zero-order valence-electron chi connectivity index (χ0n) is 7.65. The highest BCUT2D eigenvalue weighted by Gasteiger charge is 2.03. The van der Waals surface area contributed by atoms with Crippen LogP contribution in [0.4, 0.5) is 4.39 Å². The largest absolute Gasteiger partial charge is 0.316 e. The SMILES string of the molecule is CNCC=Cc1c(Br)cc(F)cc1Br. The average Bonchev–Trinajstić information content (AvgIpc) is 2.09. The summed E-state index contributed by atoms with van der Waals surface area (Å²) in [5.74, 6) is -0.255. The molecule has 0 heterocycles. The van der Waals surface area contributed by atoms with Crippen molar-refractivity contribution in [3.63, 3.8) is 0 Å². The van der Waals surface area contributed by atoms with E-state index in [2.05, 4.69) is 37.2 Å². The van der Waals surface area contributed by atoms with Crippen LogP contribution in [0.1, 0.15) is 5.56 Å². The van der Waals surface area contributed by atoms with Crippen molar-refractivity contribution in [1.82, 2.24) is 5.32 Å². The molecule has 0 saturated carbocycles. The normalized spacial score (nSPS) is 11.1. The second-order valence-electron chi connectivity index (χ2n) is 2.74. The number of nitrogens with one attached hydrogen (secondary N) is 1. The first kappa shape index (κ1) is 11.9. The van der Waals surface area contributed by atoms with Crippen LogP contribution in [0.2, 0.25) is 0 Å². The van der Waals surface area contributed by atoms with Crippen LogP contribution >= 0.6 is 31.9 Å². The summed E-state index contributed by atoms with van der Waals surface area (Å²) >= 11 is 6.62. The lowest BCUT2D eigenvalue weighted by Crippen LogP contribution is -2.03. The van der Waals surface area contributed by atoms with E-state index in [1.54, 1.807) is 0 Å². The van der Waals surface area contributed by atoms with E-state index in [0.717, 1.165) is 21.1 Å². The van der Waals surface area contributed by atoms with Crippen molar-refractivity contribution in [2.45, 2.75) is 0 Å². The minimum Gasteiger partial charge on any atom is -0.316 e. The maximum atomic E-state index is 12.9. The highest BCUT2D eigenvalue weighted by atomic mass is 79.9. The topological polar surface area (TPSA) is 12.0 Å². The third-order valence-corrected chi connectivity index (χ3v) is 2.96. The number of hydrogen-bond acceptors (Lipinski definition) is 1. The van der Waals surface area contributed by atoms with E-state index in [9.17, 15) is 4.39 Å². The van der Waals surface area contributed by atoms with E-state index in [-0.39, 0.29) is 5.82 Å². The molecule has 0 aliphatic heterocycles. The van der Waals surface area contributed by atoms with Crippen molar-refractivity contribution >= 4 is 37.9 Å². The zero-order chi connectivity index (χ0) is 10.6. The maximum Gasteiger partial charge on any atom is 0.125 e. The molecule has 4 heteroatoms. The van der Waals surface area contributed by atoms with Crippen molar-refractivity contribution in [2.75, 3.05) is 13.6 Å². The molecule has 1 nitrogen and oxygen atoms in total. The zero-order valence-corrected chi connectivity index (χ0v) is 10.8. The van der Waals surface area contributed by atoms with Gasteiger partial charge in [-0.3, -0.25) is 0 Å². The van der Waals surface area contributed by atoms with Gasteiger partial charge in [0.1, 0.15) is 5.82 Å². The third-order valence-electron chi connectivity index (χ3n) is 1.65. The van der Waals surface area contributed by atoms with Crippen molar-refractivity contribution in [3.05, 3.63) is 38.5 Å². The fraction of sp³-hybridized carbons (Fsp3) is 0.200. The monoisotopic (exact) mass is 321 g/mol. The predicted molar refractivity (Wildman–Crippen MR) is 64.8 cm³/mol. The Morgan fingerprint density at radius 2 is 1.93 bits per heavy atom. The van der Waals surface area contributed by atoms with Crippen LogP contribution in [0, 0.1) is 5.82 Å². The second kappa shape index (κ2) is 5.63. The first-order valence-electron chi connectivity index (χ1n) is 4.11. The van der Waals surface area contributed by atoms with Crippen molar-refractivity contribution < 1.29 is 4.39 Å². The van der Waals surface area contributed by atoms with Gasteiger partial charge in [-0.15, -0.1) is 0 Å². The molecule has 0 amide bonds. The Morgan fingerprint density at radius 3 is 2.43 bits per heavy atom. The lowest BCUT2D eigenvalue weighted by molar-refractivity contribution is 0.626. The Kier molecular flexibility index (Phi) is 4.78. The summed E-state index contributed by atoms with van der Waals surface area (Å²) in [5, 5.41) is 3.00. The molecule has 0 radical (unpaired) electrons. The van der Waals surface area contributed by atoms with Crippen molar-refractivity contribution in [3.8, 4) is 0 Å². The highest BCUT2D eigenvalue weighted by Crippen LogP contribution is 2.27. The Hall–Kier alpha value is -0.190. The molecule has 1 aromatic carbocycles. The Labute approximate surface area is 99.7 Å². The molecule has 1 N–H and O–H groups in total. The summed E-state index contributed by atoms with van der Waals surface area (Å²) in [6.45, 7) is 0.788. The van der Waals surface area contributed by atoms with Gasteiger partial charge in [0.25, 0.3) is 0 Å². The van der Waals surface area contributed by atoms with Gasteiger partial charge in [-0.2, -0.15) is 0 Å². The van der Waals surface area contributed by atoms with Gasteiger partial charge >= 0.3 is 0 Å². The summed E-state index contributed by atoms with van der Waals surface area (Å²) in [4.78, 5) is 0. The Morgan fingerprint density at radius 1 is 1.36 bits per heavy atom. The van der Waals surface area contributed by atoms with Gasteiger partial charge in [0, 0.05) is 21.1 Å². The van der Waals surface area contributed by atoms with E-state index >= 15 is 0 Å². The summed E-state index contributed by atoms with van der Waals surface area (Å²) in [7, 11) is 1.87. The van der Waals surface area contributed by atoms with E-state index in [1.165, 1.54) is 12.1 Å². The molecule has 0 aliphatic rings. The lowest BCUT2D eigenvalue weighted by Gasteiger charge is -2.02. The number of likely N-dealkylation sites (N-methyl/N-ethyl adjacent to an activating group) is 1. The summed E-state index contributed by atoms with van der Waals surface area (Å²) in [5.41, 5.74) is 0.946. The quantitative estimate of drug-likeness (QED) is 0.897. The maximum absolute atomic E-state index is 12.9. The van der Waals surface area contributed by atoms with Crippen LogP contribution in [0.3, 0.4) is 0 Å². The van der Waals surface area contributed by atoms with E-state index in [4.69, 9.17) is 0 Å². The van der Waals surface area contributed by atoms with Crippen LogP contribution in [-0.4, -0.2) is 13.6 Å². The number of rotatable bonds is 3. The molecule has 0 aromatic heterocycles. The average molecular weight is 323 g/mol. The van der Waals surface area contributed by atoms with Gasteiger partial charge in [-0.25, -0.2) is 4.39 Å². The highest BCUT2D eigenvalue weighted by molar-refractivity contribution is 9.11. The van der Waals surface area contributed by atoms with Gasteiger partial charge < -0.3 is 5.32 Å². The molecule has 0 atom stereocenters. The molecule has 1 rings (SSSR count). The minimum atomic E-state index is -0.255. The Balaban J connectivity index is 2.96. The van der Waals surface area contributed by atoms with Gasteiger partial charge in [-0.1, -0.05) is 44.0 Å². The molecule has 0 bridgehead atoms. The number of halogens is 3. The van der Waals surface area contributed by atoms with E-state index in [0.29, 0.717) is 0 Å². The first-order chi connectivity index (χ1) is 6.65. The van der Waals surface area contributed by atoms with Crippen LogP contribution in [0.5, 0.6) is 0 Å². The van der Waals surface area contributed by atoms with Gasteiger partial charge in [0.2, 0.25) is 0 Å². The third kappa shape index (κ3) is 3.19. The molecule has 0 aliphatic carbocycles. The summed E-state index contributed by atoms with van der Waals surface area (Å²) in [6.07, 6.45) is 3.91. The van der Waals surface area contributed by atoms with Crippen LogP contribution in [-0.2, 0) is 0 Å². The van der Waals surface area contributed by atoms with Gasteiger partial charge in [-0.05, 0) is 19.2 Å². The molecule has 76 valence electrons. The van der Waals surface area contributed by atoms with Crippen molar-refractivity contribution in [1.29, 1.82) is 0 Å². The molecular formula is C10H10Br2FN. The van der Waals surface area contributed by atoms with Gasteiger partial charge in [0.05, 0.1) is 0 Å². The number of hydrogen-bond donors (Lipinski definition) is 1. The molecular weight excluding hydrogens is 313 g/mol. The van der Waals surface area contributed by atoms with Crippen LogP contribution in [0.15, 0.2) is 27.2 Å². The lowest BCUT2D eigenvalue weighted by atomic mass is 10.2. The minimum absolute atomic E-state index is 0.255. The van der Waals surface area contributed by atoms with Crippen molar-refractivity contribution in [2.24, 2.45) is 0 Å². The summed E-state index contributed by atoms with van der Waals surface area (Å²) < 4.78 is 14.4. The van der Waals surface area contributed by atoms with Crippen LogP contribution in [0.25, 0.3) is 6.08 Å². The van der Waals surface area contributed by atoms with Gasteiger partial charge in [0.15, 0.2) is 0 Å². The first-order valence-corrected chi connectivity index (χ1v) is 5.69. The Bertz CT molecular complexity index is 327. The second-order valence-corrected chi connectivity index (χ2v) is 4.45. The molecule has 14 heavy (non-hydrogen) atoms. The molecule has 1 aromatic rings. The molecule has 0 spiro atoms. The summed E-state index contributed by atoms with van der Waals surface area (Å²) in [6, 6.07) is 2.90. The molecule has 0 unspecified atom stereocenters. The van der Waals surface area contributed by atoms with E-state index in [1.807, 2.05) is 19.2 Å². The fourth-order valence-electron chi connectivity index (χ4n) is 1.01. The number of benzene rings is 1. The fourth-order valence-corrected chi connectivity index (χ4v) is 2.40. The standard InChI is InChI=1S/C10H10Br2FN/c1-14-4-2-3-8-9(11)5-7(13)6-10(8)12/h2-3,5-6,14H,4H2,1H3. The molecule has 0 saturated heterocycles. The smallest absolute Gasteiger partial charge is 0.125 e. The van der Waals surface area contributed by atoms with Crippen LogP contribution < -0.4 is 5.32 Å². The van der Waals surface area contributed by atoms with E-state index < -0.39 is 0 Å². The predicted octanol–water partition coefficient (Wildman–Crippen LogP) is 3.58. The molecule has 0 fully saturated rings.